The number of rotatable bonds is 11. The maximum Gasteiger partial charge on any atom is 0.186 e. The second-order valence-electron chi connectivity index (χ2n) is 4.58. The number of aldehydes is 1. The molecular formula is C14H27NO2. The first-order valence-electron chi connectivity index (χ1n) is 6.67. The lowest BCUT2D eigenvalue weighted by molar-refractivity contribution is -0.108. The number of allylic oxidation sites excluding steroid dienone is 1. The van der Waals surface area contributed by atoms with Gasteiger partial charge >= 0.3 is 0 Å². The van der Waals surface area contributed by atoms with Gasteiger partial charge in [-0.15, -0.1) is 0 Å². The summed E-state index contributed by atoms with van der Waals surface area (Å²) in [5.41, 5.74) is 0. The van der Waals surface area contributed by atoms with E-state index in [2.05, 4.69) is 6.92 Å². The molecule has 0 aromatic rings. The van der Waals surface area contributed by atoms with Gasteiger partial charge in [-0.2, -0.15) is 0 Å². The van der Waals surface area contributed by atoms with Crippen LogP contribution in [-0.2, 0) is 9.53 Å². The van der Waals surface area contributed by atoms with Gasteiger partial charge in [0.2, 0.25) is 0 Å². The van der Waals surface area contributed by atoms with Crippen LogP contribution in [-0.4, -0.2) is 31.9 Å². The number of hydrogen-bond acceptors (Lipinski definition) is 3. The van der Waals surface area contributed by atoms with Crippen molar-refractivity contribution in [2.45, 2.75) is 51.9 Å². The molecule has 0 aliphatic heterocycles. The summed E-state index contributed by atoms with van der Waals surface area (Å²) in [5.74, 6) is 0.418. The summed E-state index contributed by atoms with van der Waals surface area (Å²) in [7, 11) is 3.75. The average molecular weight is 241 g/mol. The molecule has 3 nitrogen and oxygen atoms in total. The van der Waals surface area contributed by atoms with Gasteiger partial charge < -0.3 is 9.64 Å². The van der Waals surface area contributed by atoms with Crippen molar-refractivity contribution in [2.24, 2.45) is 0 Å². The fraction of sp³-hybridized carbons (Fsp3) is 0.786. The fourth-order valence-electron chi connectivity index (χ4n) is 1.61. The van der Waals surface area contributed by atoms with E-state index in [1.807, 2.05) is 19.0 Å². The average Bonchev–Trinajstić information content (AvgIpc) is 2.30. The molecule has 0 unspecified atom stereocenters. The molecule has 0 aliphatic carbocycles. The Kier molecular flexibility index (Phi) is 10.8. The molecule has 0 aliphatic rings. The summed E-state index contributed by atoms with van der Waals surface area (Å²) < 4.78 is 5.38. The summed E-state index contributed by atoms with van der Waals surface area (Å²) >= 11 is 0. The fourth-order valence-corrected chi connectivity index (χ4v) is 1.61. The van der Waals surface area contributed by atoms with Crippen LogP contribution in [0.25, 0.3) is 0 Å². The maximum atomic E-state index is 10.7. The van der Waals surface area contributed by atoms with Crippen LogP contribution in [0.5, 0.6) is 0 Å². The number of carbonyl (C=O) groups is 1. The normalized spacial score (nSPS) is 11.4. The van der Waals surface area contributed by atoms with E-state index in [1.165, 1.54) is 38.5 Å². The first kappa shape index (κ1) is 16.0. The SMILES string of the molecule is CCCCCCCCCO/C(C=O)=C/N(C)C. The van der Waals surface area contributed by atoms with Crippen molar-refractivity contribution in [3.8, 4) is 0 Å². The zero-order valence-electron chi connectivity index (χ0n) is 11.6. The van der Waals surface area contributed by atoms with E-state index in [9.17, 15) is 4.79 Å². The van der Waals surface area contributed by atoms with Gasteiger partial charge in [-0.1, -0.05) is 45.4 Å². The molecule has 0 saturated carbocycles. The van der Waals surface area contributed by atoms with E-state index in [4.69, 9.17) is 4.74 Å². The summed E-state index contributed by atoms with van der Waals surface area (Å²) in [6.07, 6.45) is 11.3. The maximum absolute atomic E-state index is 10.7. The van der Waals surface area contributed by atoms with Crippen LogP contribution in [0, 0.1) is 0 Å². The number of ether oxygens (including phenoxy) is 1. The Morgan fingerprint density at radius 1 is 1.06 bits per heavy atom. The lowest BCUT2D eigenvalue weighted by Crippen LogP contribution is -2.06. The first-order valence-corrected chi connectivity index (χ1v) is 6.67. The highest BCUT2D eigenvalue weighted by Gasteiger charge is 1.97. The van der Waals surface area contributed by atoms with Gasteiger partial charge in [0.05, 0.1) is 6.61 Å². The lowest BCUT2D eigenvalue weighted by atomic mass is 10.1. The molecule has 0 aromatic carbocycles. The highest BCUT2D eigenvalue weighted by atomic mass is 16.5. The van der Waals surface area contributed by atoms with E-state index < -0.39 is 0 Å². The Morgan fingerprint density at radius 3 is 2.18 bits per heavy atom. The predicted molar refractivity (Wildman–Crippen MR) is 71.8 cm³/mol. The molecule has 0 rings (SSSR count). The Labute approximate surface area is 106 Å². The first-order chi connectivity index (χ1) is 8.20. The summed E-state index contributed by atoms with van der Waals surface area (Å²) in [5, 5.41) is 0. The molecule has 0 spiro atoms. The topological polar surface area (TPSA) is 29.5 Å². The van der Waals surface area contributed by atoms with Crippen LogP contribution in [0.2, 0.25) is 0 Å². The van der Waals surface area contributed by atoms with Crippen molar-refractivity contribution < 1.29 is 9.53 Å². The molecule has 0 radical (unpaired) electrons. The standard InChI is InChI=1S/C14H27NO2/c1-4-5-6-7-8-9-10-11-17-14(13-16)12-15(2)3/h12-13H,4-11H2,1-3H3/b14-12+. The van der Waals surface area contributed by atoms with Crippen molar-refractivity contribution in [3.63, 3.8) is 0 Å². The third kappa shape index (κ3) is 11.3. The Hall–Kier alpha value is -0.990. The van der Waals surface area contributed by atoms with Crippen molar-refractivity contribution >= 4 is 6.29 Å². The molecule has 3 heteroatoms. The molecule has 0 fully saturated rings. The van der Waals surface area contributed by atoms with E-state index in [-0.39, 0.29) is 0 Å². The third-order valence-corrected chi connectivity index (χ3v) is 2.52. The molecule has 0 saturated heterocycles. The lowest BCUT2D eigenvalue weighted by Gasteiger charge is -2.09. The quantitative estimate of drug-likeness (QED) is 0.240. The van der Waals surface area contributed by atoms with Gasteiger partial charge in [0.25, 0.3) is 0 Å². The number of carbonyl (C=O) groups excluding carboxylic acids is 1. The molecule has 17 heavy (non-hydrogen) atoms. The highest BCUT2D eigenvalue weighted by molar-refractivity contribution is 5.69. The smallest absolute Gasteiger partial charge is 0.186 e. The monoisotopic (exact) mass is 241 g/mol. The van der Waals surface area contributed by atoms with Gasteiger partial charge in [0.1, 0.15) is 0 Å². The molecule has 0 aromatic heterocycles. The van der Waals surface area contributed by atoms with Crippen LogP contribution in [0.15, 0.2) is 12.0 Å². The summed E-state index contributed by atoms with van der Waals surface area (Å²) in [4.78, 5) is 12.5. The van der Waals surface area contributed by atoms with Crippen LogP contribution >= 0.6 is 0 Å². The molecule has 0 amide bonds. The Bertz CT molecular complexity index is 212. The van der Waals surface area contributed by atoms with Gasteiger partial charge in [0.15, 0.2) is 12.0 Å². The molecule has 0 atom stereocenters. The van der Waals surface area contributed by atoms with E-state index in [0.717, 1.165) is 12.7 Å². The minimum Gasteiger partial charge on any atom is -0.489 e. The van der Waals surface area contributed by atoms with Crippen molar-refractivity contribution in [1.82, 2.24) is 4.90 Å². The minimum atomic E-state index is 0.418. The second kappa shape index (κ2) is 11.5. The number of nitrogens with zero attached hydrogens (tertiary/aromatic N) is 1. The molecule has 0 heterocycles. The van der Waals surface area contributed by atoms with E-state index in [1.54, 1.807) is 6.20 Å². The zero-order chi connectivity index (χ0) is 12.9. The van der Waals surface area contributed by atoms with E-state index in [0.29, 0.717) is 12.4 Å². The zero-order valence-corrected chi connectivity index (χ0v) is 11.6. The molecular weight excluding hydrogens is 214 g/mol. The number of hydrogen-bond donors (Lipinski definition) is 0. The second-order valence-corrected chi connectivity index (χ2v) is 4.58. The molecule has 0 bridgehead atoms. The van der Waals surface area contributed by atoms with Crippen molar-refractivity contribution in [3.05, 3.63) is 12.0 Å². The van der Waals surface area contributed by atoms with Crippen LogP contribution < -0.4 is 0 Å². The predicted octanol–water partition coefficient (Wildman–Crippen LogP) is 3.36. The van der Waals surface area contributed by atoms with Crippen LogP contribution in [0.3, 0.4) is 0 Å². The van der Waals surface area contributed by atoms with Crippen LogP contribution in [0.4, 0.5) is 0 Å². The van der Waals surface area contributed by atoms with Gasteiger partial charge in [-0.25, -0.2) is 0 Å². The van der Waals surface area contributed by atoms with Crippen molar-refractivity contribution in [1.29, 1.82) is 0 Å². The van der Waals surface area contributed by atoms with Gasteiger partial charge in [-0.05, 0) is 6.42 Å². The van der Waals surface area contributed by atoms with E-state index >= 15 is 0 Å². The van der Waals surface area contributed by atoms with Gasteiger partial charge in [-0.3, -0.25) is 4.79 Å². The third-order valence-electron chi connectivity index (χ3n) is 2.52. The molecule has 100 valence electrons. The Balaban J connectivity index is 3.40. The summed E-state index contributed by atoms with van der Waals surface area (Å²) in [6, 6.07) is 0. The highest BCUT2D eigenvalue weighted by Crippen LogP contribution is 2.07. The van der Waals surface area contributed by atoms with Crippen LogP contribution in [0.1, 0.15) is 51.9 Å². The van der Waals surface area contributed by atoms with Gasteiger partial charge in [0, 0.05) is 20.3 Å². The largest absolute Gasteiger partial charge is 0.489 e. The summed E-state index contributed by atoms with van der Waals surface area (Å²) in [6.45, 7) is 2.87. The minimum absolute atomic E-state index is 0.418. The van der Waals surface area contributed by atoms with Crippen molar-refractivity contribution in [2.75, 3.05) is 20.7 Å². The Morgan fingerprint density at radius 2 is 1.65 bits per heavy atom. The number of unbranched alkanes of at least 4 members (excludes halogenated alkanes) is 6. The molecule has 0 N–H and O–H groups in total.